The number of nitrogens with zero attached hydrogens (tertiary/aromatic N) is 1. The standard InChI is InChI=1S/C13H11FN2O2S/c1-6-7(2)12(19)16-15-11(6)8-3-9(13(17)18)5-10(14)4-8/h3-5H,1-2H3,(H,16,19)(H,17,18). The molecule has 1 aromatic heterocycles. The summed E-state index contributed by atoms with van der Waals surface area (Å²) in [7, 11) is 0. The van der Waals surface area contributed by atoms with E-state index >= 15 is 0 Å². The van der Waals surface area contributed by atoms with E-state index in [0.29, 0.717) is 15.9 Å². The van der Waals surface area contributed by atoms with Gasteiger partial charge in [0.05, 0.1) is 11.3 Å². The quantitative estimate of drug-likeness (QED) is 0.827. The lowest BCUT2D eigenvalue weighted by Crippen LogP contribution is -2.01. The van der Waals surface area contributed by atoms with Crippen LogP contribution in [-0.4, -0.2) is 21.3 Å². The molecule has 0 fully saturated rings. The number of halogens is 1. The molecule has 2 rings (SSSR count). The maximum Gasteiger partial charge on any atom is 0.335 e. The van der Waals surface area contributed by atoms with Crippen LogP contribution in [0.2, 0.25) is 0 Å². The van der Waals surface area contributed by atoms with Crippen LogP contribution in [0.3, 0.4) is 0 Å². The third kappa shape index (κ3) is 2.53. The van der Waals surface area contributed by atoms with Gasteiger partial charge in [-0.25, -0.2) is 9.18 Å². The molecule has 0 saturated carbocycles. The summed E-state index contributed by atoms with van der Waals surface area (Å²) < 4.78 is 14.0. The second-order valence-electron chi connectivity index (χ2n) is 4.19. The first-order chi connectivity index (χ1) is 8.90. The summed E-state index contributed by atoms with van der Waals surface area (Å²) in [5.41, 5.74) is 2.42. The van der Waals surface area contributed by atoms with E-state index < -0.39 is 11.8 Å². The Bertz CT molecular complexity index is 725. The van der Waals surface area contributed by atoms with Crippen LogP contribution >= 0.6 is 12.2 Å². The van der Waals surface area contributed by atoms with Gasteiger partial charge in [-0.05, 0) is 43.2 Å². The Hall–Kier alpha value is -2.08. The minimum absolute atomic E-state index is 0.115. The average Bonchev–Trinajstić information content (AvgIpc) is 2.35. The van der Waals surface area contributed by atoms with E-state index in [0.717, 1.165) is 17.2 Å². The number of nitrogens with one attached hydrogen (secondary N) is 1. The van der Waals surface area contributed by atoms with Crippen molar-refractivity contribution in [3.63, 3.8) is 0 Å². The summed E-state index contributed by atoms with van der Waals surface area (Å²) in [5.74, 6) is -1.80. The molecule has 0 radical (unpaired) electrons. The van der Waals surface area contributed by atoms with Gasteiger partial charge >= 0.3 is 5.97 Å². The zero-order valence-corrected chi connectivity index (χ0v) is 11.1. The number of hydrogen-bond acceptors (Lipinski definition) is 3. The van der Waals surface area contributed by atoms with Gasteiger partial charge in [-0.2, -0.15) is 5.10 Å². The fourth-order valence-electron chi connectivity index (χ4n) is 1.75. The third-order valence-electron chi connectivity index (χ3n) is 2.95. The molecule has 0 aliphatic rings. The Morgan fingerprint density at radius 3 is 2.63 bits per heavy atom. The lowest BCUT2D eigenvalue weighted by Gasteiger charge is -2.08. The van der Waals surface area contributed by atoms with Crippen LogP contribution in [0, 0.1) is 24.3 Å². The summed E-state index contributed by atoms with van der Waals surface area (Å²) >= 11 is 5.06. The summed E-state index contributed by atoms with van der Waals surface area (Å²) in [6.07, 6.45) is 0. The molecule has 1 heterocycles. The van der Waals surface area contributed by atoms with Crippen molar-refractivity contribution in [2.45, 2.75) is 13.8 Å². The smallest absolute Gasteiger partial charge is 0.335 e. The van der Waals surface area contributed by atoms with Crippen molar-refractivity contribution in [2.24, 2.45) is 0 Å². The Labute approximate surface area is 113 Å². The Kier molecular flexibility index (Phi) is 3.44. The van der Waals surface area contributed by atoms with Gasteiger partial charge in [-0.3, -0.25) is 5.10 Å². The second kappa shape index (κ2) is 4.89. The molecule has 0 unspecified atom stereocenters. The molecule has 0 aliphatic heterocycles. The van der Waals surface area contributed by atoms with Gasteiger partial charge in [0.15, 0.2) is 0 Å². The summed E-state index contributed by atoms with van der Waals surface area (Å²) in [6, 6.07) is 3.61. The minimum atomic E-state index is -1.18. The number of benzene rings is 1. The van der Waals surface area contributed by atoms with E-state index in [-0.39, 0.29) is 5.56 Å². The molecule has 1 aromatic carbocycles. The van der Waals surface area contributed by atoms with Gasteiger partial charge in [0, 0.05) is 5.56 Å². The van der Waals surface area contributed by atoms with Crippen LogP contribution in [-0.2, 0) is 0 Å². The van der Waals surface area contributed by atoms with Gasteiger partial charge in [-0.1, -0.05) is 12.2 Å². The number of hydrogen-bond donors (Lipinski definition) is 2. The van der Waals surface area contributed by atoms with Crippen LogP contribution in [0.25, 0.3) is 11.3 Å². The molecule has 0 atom stereocenters. The number of carbonyl (C=O) groups is 1. The molecule has 0 bridgehead atoms. The molecule has 98 valence electrons. The molecule has 2 aromatic rings. The van der Waals surface area contributed by atoms with Crippen molar-refractivity contribution in [2.75, 3.05) is 0 Å². The average molecular weight is 278 g/mol. The molecule has 0 amide bonds. The van der Waals surface area contributed by atoms with Crippen LogP contribution < -0.4 is 0 Å². The fraction of sp³-hybridized carbons (Fsp3) is 0.154. The van der Waals surface area contributed by atoms with Crippen molar-refractivity contribution >= 4 is 18.2 Å². The monoisotopic (exact) mass is 278 g/mol. The Morgan fingerprint density at radius 1 is 1.32 bits per heavy atom. The number of H-pyrrole nitrogens is 1. The SMILES string of the molecule is Cc1c(-c2cc(F)cc(C(=O)O)c2)n[nH]c(=S)c1C. The Balaban J connectivity index is 2.69. The molecule has 2 N–H and O–H groups in total. The van der Waals surface area contributed by atoms with E-state index in [9.17, 15) is 9.18 Å². The van der Waals surface area contributed by atoms with Crippen molar-refractivity contribution in [3.8, 4) is 11.3 Å². The van der Waals surface area contributed by atoms with Crippen molar-refractivity contribution < 1.29 is 14.3 Å². The Morgan fingerprint density at radius 2 is 2.00 bits per heavy atom. The molecule has 0 aliphatic carbocycles. The predicted octanol–water partition coefficient (Wildman–Crippen LogP) is 3.26. The van der Waals surface area contributed by atoms with Crippen LogP contribution in [0.4, 0.5) is 4.39 Å². The third-order valence-corrected chi connectivity index (χ3v) is 3.34. The zero-order chi connectivity index (χ0) is 14.2. The van der Waals surface area contributed by atoms with E-state index in [4.69, 9.17) is 17.3 Å². The highest BCUT2D eigenvalue weighted by molar-refractivity contribution is 7.71. The van der Waals surface area contributed by atoms with Crippen molar-refractivity contribution in [1.82, 2.24) is 10.2 Å². The van der Waals surface area contributed by atoms with Gasteiger partial charge in [0.25, 0.3) is 0 Å². The van der Waals surface area contributed by atoms with Crippen LogP contribution in [0.5, 0.6) is 0 Å². The lowest BCUT2D eigenvalue weighted by atomic mass is 10.0. The van der Waals surface area contributed by atoms with Gasteiger partial charge in [0.2, 0.25) is 0 Å². The number of carboxylic acids is 1. The highest BCUT2D eigenvalue weighted by Crippen LogP contribution is 2.24. The summed E-state index contributed by atoms with van der Waals surface area (Å²) in [6.45, 7) is 3.64. The number of aromatic amines is 1. The van der Waals surface area contributed by atoms with Gasteiger partial charge in [0.1, 0.15) is 10.5 Å². The minimum Gasteiger partial charge on any atom is -0.478 e. The molecule has 0 saturated heterocycles. The molecule has 0 spiro atoms. The first kappa shape index (κ1) is 13.4. The second-order valence-corrected chi connectivity index (χ2v) is 4.59. The number of aromatic carboxylic acids is 1. The molecular weight excluding hydrogens is 267 g/mol. The van der Waals surface area contributed by atoms with Crippen LogP contribution in [0.1, 0.15) is 21.5 Å². The largest absolute Gasteiger partial charge is 0.478 e. The van der Waals surface area contributed by atoms with Gasteiger partial charge < -0.3 is 5.11 Å². The lowest BCUT2D eigenvalue weighted by molar-refractivity contribution is 0.0696. The van der Waals surface area contributed by atoms with Crippen molar-refractivity contribution in [1.29, 1.82) is 0 Å². The molecule has 4 nitrogen and oxygen atoms in total. The summed E-state index contributed by atoms with van der Waals surface area (Å²) in [5, 5.41) is 15.7. The van der Waals surface area contributed by atoms with E-state index in [1.54, 1.807) is 0 Å². The summed E-state index contributed by atoms with van der Waals surface area (Å²) in [4.78, 5) is 10.9. The predicted molar refractivity (Wildman–Crippen MR) is 71.2 cm³/mol. The van der Waals surface area contributed by atoms with E-state index in [1.807, 2.05) is 13.8 Å². The molecule has 19 heavy (non-hydrogen) atoms. The molecular formula is C13H11FN2O2S. The highest BCUT2D eigenvalue weighted by Gasteiger charge is 2.12. The number of aromatic nitrogens is 2. The number of carboxylic acid groups (broad SMARTS) is 1. The van der Waals surface area contributed by atoms with Gasteiger partial charge in [-0.15, -0.1) is 0 Å². The van der Waals surface area contributed by atoms with E-state index in [1.165, 1.54) is 12.1 Å². The maximum absolute atomic E-state index is 13.5. The number of rotatable bonds is 2. The highest BCUT2D eigenvalue weighted by atomic mass is 32.1. The van der Waals surface area contributed by atoms with E-state index in [2.05, 4.69) is 10.2 Å². The zero-order valence-electron chi connectivity index (χ0n) is 10.3. The fourth-order valence-corrected chi connectivity index (χ4v) is 1.95. The maximum atomic E-state index is 13.5. The topological polar surface area (TPSA) is 66.0 Å². The van der Waals surface area contributed by atoms with Crippen molar-refractivity contribution in [3.05, 3.63) is 45.3 Å². The normalized spacial score (nSPS) is 10.5. The molecule has 6 heteroatoms. The first-order valence-corrected chi connectivity index (χ1v) is 5.91. The van der Waals surface area contributed by atoms with Crippen LogP contribution in [0.15, 0.2) is 18.2 Å². The first-order valence-electron chi connectivity index (χ1n) is 5.50.